The van der Waals surface area contributed by atoms with Crippen molar-refractivity contribution in [3.05, 3.63) is 35.4 Å². The van der Waals surface area contributed by atoms with Gasteiger partial charge in [0.2, 0.25) is 0 Å². The van der Waals surface area contributed by atoms with E-state index in [4.69, 9.17) is 9.47 Å². The van der Waals surface area contributed by atoms with E-state index in [0.29, 0.717) is 19.7 Å². The summed E-state index contributed by atoms with van der Waals surface area (Å²) in [6.07, 6.45) is 0.120. The lowest BCUT2D eigenvalue weighted by molar-refractivity contribution is -0.0124. The molecular weight excluding hydrogens is 280 g/mol. The number of rotatable bonds is 3. The third kappa shape index (κ3) is 3.85. The first-order valence-electron chi connectivity index (χ1n) is 8.02. The summed E-state index contributed by atoms with van der Waals surface area (Å²) in [5.74, 6) is 0.110. The monoisotopic (exact) mass is 304 g/mol. The van der Waals surface area contributed by atoms with E-state index in [0.717, 1.165) is 38.4 Å². The van der Waals surface area contributed by atoms with Crippen LogP contribution in [-0.2, 0) is 16.0 Å². The normalized spacial score (nSPS) is 23.5. The Bertz CT molecular complexity index is 514. The van der Waals surface area contributed by atoms with Crippen molar-refractivity contribution in [1.82, 2.24) is 9.80 Å². The molecule has 2 saturated heterocycles. The fourth-order valence-electron chi connectivity index (χ4n) is 3.01. The second-order valence-electron chi connectivity index (χ2n) is 6.02. The van der Waals surface area contributed by atoms with Crippen LogP contribution in [0.2, 0.25) is 0 Å². The molecule has 5 nitrogen and oxygen atoms in total. The lowest BCUT2D eigenvalue weighted by Gasteiger charge is -2.31. The van der Waals surface area contributed by atoms with Gasteiger partial charge in [-0.15, -0.1) is 0 Å². The van der Waals surface area contributed by atoms with E-state index in [2.05, 4.69) is 11.0 Å². The van der Waals surface area contributed by atoms with Gasteiger partial charge in [0.25, 0.3) is 5.91 Å². The van der Waals surface area contributed by atoms with Crippen molar-refractivity contribution in [2.75, 3.05) is 46.0 Å². The molecule has 0 N–H and O–H groups in total. The van der Waals surface area contributed by atoms with Gasteiger partial charge in [-0.05, 0) is 24.6 Å². The van der Waals surface area contributed by atoms with Crippen molar-refractivity contribution in [3.8, 4) is 0 Å². The van der Waals surface area contributed by atoms with E-state index in [-0.39, 0.29) is 12.0 Å². The maximum Gasteiger partial charge on any atom is 0.254 e. The van der Waals surface area contributed by atoms with Gasteiger partial charge in [-0.2, -0.15) is 0 Å². The first-order chi connectivity index (χ1) is 10.7. The average Bonchev–Trinajstić information content (AvgIpc) is 2.55. The Morgan fingerprint density at radius 1 is 1.23 bits per heavy atom. The van der Waals surface area contributed by atoms with Gasteiger partial charge in [0.1, 0.15) is 0 Å². The van der Waals surface area contributed by atoms with Crippen LogP contribution in [0.3, 0.4) is 0 Å². The fraction of sp³-hybridized carbons (Fsp3) is 0.588. The highest BCUT2D eigenvalue weighted by molar-refractivity contribution is 5.94. The van der Waals surface area contributed by atoms with Crippen LogP contribution in [0, 0.1) is 0 Å². The quantitative estimate of drug-likeness (QED) is 0.846. The summed E-state index contributed by atoms with van der Waals surface area (Å²) < 4.78 is 10.9. The predicted molar refractivity (Wildman–Crippen MR) is 83.9 cm³/mol. The Morgan fingerprint density at radius 3 is 2.82 bits per heavy atom. The van der Waals surface area contributed by atoms with Crippen molar-refractivity contribution in [1.29, 1.82) is 0 Å². The highest BCUT2D eigenvalue weighted by Crippen LogP contribution is 2.14. The van der Waals surface area contributed by atoms with Gasteiger partial charge < -0.3 is 14.4 Å². The maximum atomic E-state index is 12.6. The van der Waals surface area contributed by atoms with Crippen molar-refractivity contribution >= 4 is 5.91 Å². The van der Waals surface area contributed by atoms with Crippen molar-refractivity contribution < 1.29 is 14.3 Å². The lowest BCUT2D eigenvalue weighted by atomic mass is 10.1. The summed E-state index contributed by atoms with van der Waals surface area (Å²) >= 11 is 0. The van der Waals surface area contributed by atoms with E-state index in [1.165, 1.54) is 5.56 Å². The zero-order valence-corrected chi connectivity index (χ0v) is 13.2. The molecule has 1 aromatic carbocycles. The third-order valence-electron chi connectivity index (χ3n) is 4.21. The molecule has 0 radical (unpaired) electrons. The van der Waals surface area contributed by atoms with Crippen LogP contribution < -0.4 is 0 Å². The van der Waals surface area contributed by atoms with Crippen LogP contribution in [0.15, 0.2) is 24.3 Å². The molecule has 2 aliphatic heterocycles. The first kappa shape index (κ1) is 15.5. The number of ether oxygens (including phenoxy) is 2. The molecule has 0 spiro atoms. The summed E-state index contributed by atoms with van der Waals surface area (Å²) in [6, 6.07) is 8.00. The van der Waals surface area contributed by atoms with Crippen LogP contribution in [0.5, 0.6) is 0 Å². The van der Waals surface area contributed by atoms with Gasteiger partial charge in [0.15, 0.2) is 0 Å². The molecule has 2 fully saturated rings. The standard InChI is InChI=1S/C17H24N2O3/c1-14-12-19(7-10-22-14)17(20)16-4-2-3-15(11-16)13-18-5-8-21-9-6-18/h2-4,11,14H,5-10,12-13H2,1H3. The molecule has 120 valence electrons. The van der Waals surface area contributed by atoms with E-state index in [1.807, 2.05) is 30.0 Å². The van der Waals surface area contributed by atoms with E-state index < -0.39 is 0 Å². The lowest BCUT2D eigenvalue weighted by Crippen LogP contribution is -2.44. The fourth-order valence-corrected chi connectivity index (χ4v) is 3.01. The molecule has 2 aliphatic rings. The Hall–Kier alpha value is -1.43. The molecule has 1 unspecified atom stereocenters. The molecule has 1 aromatic rings. The molecule has 2 heterocycles. The van der Waals surface area contributed by atoms with Crippen molar-refractivity contribution in [3.63, 3.8) is 0 Å². The van der Waals surface area contributed by atoms with Crippen LogP contribution in [0.1, 0.15) is 22.8 Å². The molecular formula is C17H24N2O3. The summed E-state index contributed by atoms with van der Waals surface area (Å²) in [4.78, 5) is 16.9. The topological polar surface area (TPSA) is 42.0 Å². The van der Waals surface area contributed by atoms with Crippen molar-refractivity contribution in [2.45, 2.75) is 19.6 Å². The minimum absolute atomic E-state index is 0.110. The van der Waals surface area contributed by atoms with Gasteiger partial charge >= 0.3 is 0 Å². The predicted octanol–water partition coefficient (Wildman–Crippen LogP) is 1.38. The Kier molecular flexibility index (Phi) is 5.08. The van der Waals surface area contributed by atoms with Gasteiger partial charge in [0.05, 0.1) is 25.9 Å². The number of carbonyl (C=O) groups is 1. The van der Waals surface area contributed by atoms with Crippen LogP contribution >= 0.6 is 0 Å². The number of carbonyl (C=O) groups excluding carboxylic acids is 1. The Labute approximate surface area is 131 Å². The van der Waals surface area contributed by atoms with Crippen LogP contribution in [-0.4, -0.2) is 67.8 Å². The smallest absolute Gasteiger partial charge is 0.254 e. The molecule has 0 aliphatic carbocycles. The Balaban J connectivity index is 1.66. The molecule has 0 bridgehead atoms. The second-order valence-corrected chi connectivity index (χ2v) is 6.02. The molecule has 0 saturated carbocycles. The molecule has 5 heteroatoms. The summed E-state index contributed by atoms with van der Waals surface area (Å²) in [5.41, 5.74) is 1.97. The summed E-state index contributed by atoms with van der Waals surface area (Å²) in [6.45, 7) is 8.37. The van der Waals surface area contributed by atoms with Crippen LogP contribution in [0.25, 0.3) is 0 Å². The number of hydrogen-bond donors (Lipinski definition) is 0. The molecule has 1 atom stereocenters. The number of nitrogens with zero attached hydrogens (tertiary/aromatic N) is 2. The SMILES string of the molecule is CC1CN(C(=O)c2cccc(CN3CCOCC3)c2)CCO1. The van der Waals surface area contributed by atoms with Crippen molar-refractivity contribution in [2.24, 2.45) is 0 Å². The van der Waals surface area contributed by atoms with Crippen LogP contribution in [0.4, 0.5) is 0 Å². The van der Waals surface area contributed by atoms with E-state index >= 15 is 0 Å². The third-order valence-corrected chi connectivity index (χ3v) is 4.21. The van der Waals surface area contributed by atoms with E-state index in [1.54, 1.807) is 0 Å². The van der Waals surface area contributed by atoms with E-state index in [9.17, 15) is 4.79 Å². The minimum Gasteiger partial charge on any atom is -0.379 e. The number of morpholine rings is 2. The minimum atomic E-state index is 0.110. The van der Waals surface area contributed by atoms with Gasteiger partial charge in [0, 0.05) is 38.3 Å². The highest BCUT2D eigenvalue weighted by atomic mass is 16.5. The number of amides is 1. The van der Waals surface area contributed by atoms with Gasteiger partial charge in [-0.3, -0.25) is 9.69 Å². The summed E-state index contributed by atoms with van der Waals surface area (Å²) in [7, 11) is 0. The average molecular weight is 304 g/mol. The summed E-state index contributed by atoms with van der Waals surface area (Å²) in [5, 5.41) is 0. The molecule has 22 heavy (non-hydrogen) atoms. The first-order valence-corrected chi connectivity index (χ1v) is 8.02. The molecule has 3 rings (SSSR count). The zero-order chi connectivity index (χ0) is 15.4. The van der Waals surface area contributed by atoms with Gasteiger partial charge in [-0.25, -0.2) is 0 Å². The maximum absolute atomic E-state index is 12.6. The largest absolute Gasteiger partial charge is 0.379 e. The number of hydrogen-bond acceptors (Lipinski definition) is 4. The zero-order valence-electron chi connectivity index (χ0n) is 13.2. The highest BCUT2D eigenvalue weighted by Gasteiger charge is 2.22. The second kappa shape index (κ2) is 7.22. The number of benzene rings is 1. The molecule has 0 aromatic heterocycles. The molecule has 1 amide bonds. The Morgan fingerprint density at radius 2 is 2.05 bits per heavy atom. The van der Waals surface area contributed by atoms with Gasteiger partial charge in [-0.1, -0.05) is 12.1 Å².